The van der Waals surface area contributed by atoms with Crippen LogP contribution in [0.15, 0.2) is 63.1 Å². The molecule has 146 valence electrons. The van der Waals surface area contributed by atoms with E-state index in [0.717, 1.165) is 34.9 Å². The normalized spacial score (nSPS) is 10.8. The van der Waals surface area contributed by atoms with Crippen molar-refractivity contribution in [2.75, 3.05) is 11.9 Å². The van der Waals surface area contributed by atoms with Crippen LogP contribution in [0.25, 0.3) is 22.2 Å². The minimum atomic E-state index is -0.610. The Balaban J connectivity index is 1.41. The van der Waals surface area contributed by atoms with Gasteiger partial charge < -0.3 is 9.15 Å². The number of rotatable bonds is 5. The van der Waals surface area contributed by atoms with E-state index < -0.39 is 23.2 Å². The Morgan fingerprint density at radius 2 is 1.97 bits per heavy atom. The van der Waals surface area contributed by atoms with E-state index in [1.54, 1.807) is 18.2 Å². The minimum Gasteiger partial charge on any atom is -0.484 e. The van der Waals surface area contributed by atoms with Crippen molar-refractivity contribution in [3.05, 3.63) is 76.0 Å². The van der Waals surface area contributed by atoms with Crippen LogP contribution in [0.2, 0.25) is 0 Å². The van der Waals surface area contributed by atoms with Crippen molar-refractivity contribution in [1.82, 2.24) is 4.98 Å². The lowest BCUT2D eigenvalue weighted by molar-refractivity contribution is -0.118. The molecule has 0 aliphatic carbocycles. The van der Waals surface area contributed by atoms with Gasteiger partial charge in [0.25, 0.3) is 5.91 Å². The lowest BCUT2D eigenvalue weighted by atomic mass is 10.1. The Kier molecular flexibility index (Phi) is 5.05. The molecule has 2 aromatic carbocycles. The van der Waals surface area contributed by atoms with Gasteiger partial charge in [0.05, 0.1) is 5.69 Å². The Bertz CT molecular complexity index is 1270. The molecule has 0 aliphatic heterocycles. The summed E-state index contributed by atoms with van der Waals surface area (Å²) in [6, 6.07) is 10.9. The van der Waals surface area contributed by atoms with Crippen LogP contribution < -0.4 is 15.7 Å². The Morgan fingerprint density at radius 3 is 2.83 bits per heavy atom. The summed E-state index contributed by atoms with van der Waals surface area (Å²) in [5, 5.41) is 5.00. The number of nitrogens with zero attached hydrogens (tertiary/aromatic N) is 1. The van der Waals surface area contributed by atoms with Crippen LogP contribution in [-0.2, 0) is 4.79 Å². The second kappa shape index (κ2) is 7.80. The summed E-state index contributed by atoms with van der Waals surface area (Å²) < 4.78 is 37.6. The highest BCUT2D eigenvalue weighted by atomic mass is 32.1. The first-order valence-corrected chi connectivity index (χ1v) is 9.23. The lowest BCUT2D eigenvalue weighted by Crippen LogP contribution is -2.20. The number of carbonyl (C=O) groups excluding carboxylic acids is 1. The van der Waals surface area contributed by atoms with E-state index in [1.165, 1.54) is 17.5 Å². The fraction of sp³-hybridized carbons (Fsp3) is 0.0500. The van der Waals surface area contributed by atoms with E-state index in [-0.39, 0.29) is 23.0 Å². The smallest absolute Gasteiger partial charge is 0.336 e. The van der Waals surface area contributed by atoms with E-state index in [2.05, 4.69) is 10.3 Å². The number of benzene rings is 2. The number of halogens is 2. The number of aromatic nitrogens is 1. The van der Waals surface area contributed by atoms with Gasteiger partial charge in [0.2, 0.25) is 0 Å². The van der Waals surface area contributed by atoms with Gasteiger partial charge in [-0.3, -0.25) is 10.1 Å². The number of hydrogen-bond acceptors (Lipinski definition) is 6. The van der Waals surface area contributed by atoms with E-state index >= 15 is 0 Å². The molecule has 9 heteroatoms. The third-order valence-corrected chi connectivity index (χ3v) is 4.68. The summed E-state index contributed by atoms with van der Waals surface area (Å²) in [6.45, 7) is -0.314. The fourth-order valence-corrected chi connectivity index (χ4v) is 3.31. The maximum atomic E-state index is 13.8. The van der Waals surface area contributed by atoms with Crippen LogP contribution in [0.1, 0.15) is 0 Å². The fourth-order valence-electron chi connectivity index (χ4n) is 2.58. The summed E-state index contributed by atoms with van der Waals surface area (Å²) in [7, 11) is 0. The number of anilines is 1. The molecule has 6 nitrogen and oxygen atoms in total. The van der Waals surface area contributed by atoms with Crippen LogP contribution in [0, 0.1) is 11.6 Å². The van der Waals surface area contributed by atoms with Gasteiger partial charge in [0, 0.05) is 28.5 Å². The highest BCUT2D eigenvalue weighted by Crippen LogP contribution is 2.27. The molecule has 0 fully saturated rings. The molecule has 0 spiro atoms. The van der Waals surface area contributed by atoms with Crippen molar-refractivity contribution >= 4 is 33.3 Å². The van der Waals surface area contributed by atoms with Crippen molar-refractivity contribution in [2.45, 2.75) is 0 Å². The number of ether oxygens (including phenoxy) is 1. The molecule has 0 aliphatic rings. The molecule has 0 saturated heterocycles. The summed E-state index contributed by atoms with van der Waals surface area (Å²) in [4.78, 5) is 27.5. The maximum absolute atomic E-state index is 13.8. The zero-order valence-corrected chi connectivity index (χ0v) is 15.5. The van der Waals surface area contributed by atoms with Gasteiger partial charge in [-0.2, -0.15) is 0 Å². The predicted octanol–water partition coefficient (Wildman–Crippen LogP) is 4.21. The van der Waals surface area contributed by atoms with Crippen molar-refractivity contribution < 1.29 is 22.7 Å². The van der Waals surface area contributed by atoms with Gasteiger partial charge in [-0.15, -0.1) is 11.3 Å². The predicted molar refractivity (Wildman–Crippen MR) is 104 cm³/mol. The van der Waals surface area contributed by atoms with Gasteiger partial charge in [0.15, 0.2) is 11.7 Å². The molecule has 1 amide bonds. The van der Waals surface area contributed by atoms with Crippen LogP contribution in [0.4, 0.5) is 13.9 Å². The van der Waals surface area contributed by atoms with E-state index in [4.69, 9.17) is 9.15 Å². The topological polar surface area (TPSA) is 81.4 Å². The lowest BCUT2D eigenvalue weighted by Gasteiger charge is -2.06. The standard InChI is InChI=1S/C20H12F2N2O4S/c21-12-3-5-15(22)14(7-12)16-10-29-20(23-16)24-18(25)9-27-13-4-1-11-2-6-19(26)28-17(11)8-13/h1-8,10H,9H2,(H,23,24,25). The van der Waals surface area contributed by atoms with Crippen molar-refractivity contribution in [3.63, 3.8) is 0 Å². The van der Waals surface area contributed by atoms with Gasteiger partial charge in [-0.05, 0) is 36.4 Å². The monoisotopic (exact) mass is 414 g/mol. The van der Waals surface area contributed by atoms with Gasteiger partial charge in [-0.25, -0.2) is 18.6 Å². The largest absolute Gasteiger partial charge is 0.484 e. The number of thiazole rings is 1. The van der Waals surface area contributed by atoms with Crippen molar-refractivity contribution in [3.8, 4) is 17.0 Å². The van der Waals surface area contributed by atoms with Gasteiger partial charge >= 0.3 is 5.63 Å². The second-order valence-electron chi connectivity index (χ2n) is 5.95. The SMILES string of the molecule is O=C(COc1ccc2ccc(=O)oc2c1)Nc1nc(-c2cc(F)ccc2F)cs1. The number of carbonyl (C=O) groups is 1. The second-order valence-corrected chi connectivity index (χ2v) is 6.81. The molecular weight excluding hydrogens is 402 g/mol. The number of nitrogens with one attached hydrogen (secondary N) is 1. The average Bonchev–Trinajstić information content (AvgIpc) is 3.16. The zero-order chi connectivity index (χ0) is 20.4. The van der Waals surface area contributed by atoms with Crippen molar-refractivity contribution in [1.29, 1.82) is 0 Å². The molecule has 1 N–H and O–H groups in total. The molecule has 29 heavy (non-hydrogen) atoms. The first-order chi connectivity index (χ1) is 14.0. The van der Waals surface area contributed by atoms with E-state index in [0.29, 0.717) is 11.3 Å². The van der Waals surface area contributed by atoms with Crippen LogP contribution in [0.5, 0.6) is 5.75 Å². The number of fused-ring (bicyclic) bond motifs is 1. The molecular formula is C20H12F2N2O4S. The molecule has 2 aromatic heterocycles. The summed E-state index contributed by atoms with van der Waals surface area (Å²) in [5.74, 6) is -1.33. The molecule has 0 bridgehead atoms. The summed E-state index contributed by atoms with van der Waals surface area (Å²) >= 11 is 1.07. The molecule has 2 heterocycles. The van der Waals surface area contributed by atoms with Crippen LogP contribution >= 0.6 is 11.3 Å². The first kappa shape index (κ1) is 18.8. The highest BCUT2D eigenvalue weighted by molar-refractivity contribution is 7.14. The highest BCUT2D eigenvalue weighted by Gasteiger charge is 2.13. The van der Waals surface area contributed by atoms with Gasteiger partial charge in [0.1, 0.15) is 23.0 Å². The Hall–Kier alpha value is -3.59. The molecule has 0 radical (unpaired) electrons. The average molecular weight is 414 g/mol. The molecule has 0 unspecified atom stereocenters. The molecule has 4 rings (SSSR count). The van der Waals surface area contributed by atoms with E-state index in [1.807, 2.05) is 0 Å². The minimum absolute atomic E-state index is 0.00987. The number of hydrogen-bond donors (Lipinski definition) is 1. The quantitative estimate of drug-likeness (QED) is 0.495. The number of amides is 1. The summed E-state index contributed by atoms with van der Waals surface area (Å²) in [6.07, 6.45) is 0. The molecule has 0 saturated carbocycles. The molecule has 4 aromatic rings. The Labute approximate surface area is 166 Å². The maximum Gasteiger partial charge on any atom is 0.336 e. The van der Waals surface area contributed by atoms with Gasteiger partial charge in [-0.1, -0.05) is 0 Å². The first-order valence-electron chi connectivity index (χ1n) is 8.35. The molecule has 0 atom stereocenters. The third kappa shape index (κ3) is 4.30. The zero-order valence-electron chi connectivity index (χ0n) is 14.6. The van der Waals surface area contributed by atoms with Crippen LogP contribution in [-0.4, -0.2) is 17.5 Å². The summed E-state index contributed by atoms with van der Waals surface area (Å²) in [5.41, 5.74) is 0.0854. The van der Waals surface area contributed by atoms with Crippen LogP contribution in [0.3, 0.4) is 0 Å². The Morgan fingerprint density at radius 1 is 1.14 bits per heavy atom. The third-order valence-electron chi connectivity index (χ3n) is 3.92. The van der Waals surface area contributed by atoms with E-state index in [9.17, 15) is 18.4 Å². The van der Waals surface area contributed by atoms with Crippen molar-refractivity contribution in [2.24, 2.45) is 0 Å².